The molecule has 14 nitrogen and oxygen atoms in total. The summed E-state index contributed by atoms with van der Waals surface area (Å²) in [5.74, 6) is 3.42. The molecule has 1 unspecified atom stereocenters. The number of pyridine rings is 1. The smallest absolute Gasteiger partial charge is 0.404 e. The number of aliphatic hydroxyl groups is 1. The van der Waals surface area contributed by atoms with Gasteiger partial charge in [0, 0.05) is 50.5 Å². The van der Waals surface area contributed by atoms with E-state index in [-0.39, 0.29) is 6.04 Å². The summed E-state index contributed by atoms with van der Waals surface area (Å²) in [6.45, 7) is 7.22. The van der Waals surface area contributed by atoms with Crippen LogP contribution in [0.2, 0.25) is 0 Å². The highest BCUT2D eigenvalue weighted by Crippen LogP contribution is 2.31. The minimum atomic E-state index is -1.07. The van der Waals surface area contributed by atoms with E-state index in [0.717, 1.165) is 46.8 Å². The van der Waals surface area contributed by atoms with Gasteiger partial charge in [0.1, 0.15) is 23.4 Å². The van der Waals surface area contributed by atoms with Gasteiger partial charge in [-0.25, -0.2) is 19.3 Å². The van der Waals surface area contributed by atoms with Gasteiger partial charge < -0.3 is 40.1 Å². The summed E-state index contributed by atoms with van der Waals surface area (Å²) in [4.78, 5) is 30.0. The highest BCUT2D eigenvalue weighted by atomic mass is 16.5. The van der Waals surface area contributed by atoms with Crippen LogP contribution in [0.25, 0.3) is 5.65 Å². The van der Waals surface area contributed by atoms with Crippen molar-refractivity contribution < 1.29 is 24.5 Å². The van der Waals surface area contributed by atoms with Gasteiger partial charge in [0.15, 0.2) is 11.5 Å². The third-order valence-corrected chi connectivity index (χ3v) is 9.34. The summed E-state index contributed by atoms with van der Waals surface area (Å²) >= 11 is 0. The fourth-order valence-corrected chi connectivity index (χ4v) is 6.49. The Labute approximate surface area is 303 Å². The number of hydrogen-bond donors (Lipinski definition) is 4. The topological polar surface area (TPSA) is 162 Å². The van der Waals surface area contributed by atoms with Crippen molar-refractivity contribution in [1.82, 2.24) is 29.9 Å². The molecule has 1 fully saturated rings. The van der Waals surface area contributed by atoms with Crippen LogP contribution in [0, 0.1) is 6.92 Å². The lowest BCUT2D eigenvalue weighted by Crippen LogP contribution is -2.44. The number of nitrogens with zero attached hydrogens (tertiary/aromatic N) is 7. The molecule has 0 saturated carbocycles. The van der Waals surface area contributed by atoms with Crippen LogP contribution in [0.5, 0.6) is 11.5 Å². The van der Waals surface area contributed by atoms with Crippen LogP contribution in [0.4, 0.5) is 22.4 Å². The second-order valence-electron chi connectivity index (χ2n) is 13.0. The summed E-state index contributed by atoms with van der Waals surface area (Å²) in [5.41, 5.74) is 4.64. The standard InChI is InChI=1S/C38H47N9O5/c1-5-6-17-39-37-43-36(46(23-26-7-11-30(51-3)12-8-26)24-27-9-13-31(52-4)14-10-27)35-41-22-32(47(35)44-37)33(48)28-20-25(2)34(40-21-28)45-18-15-29(16-19-45)42-38(49)50/h7-14,20-22,29,33,42,48H,5-6,15-19,23-24H2,1-4H3,(H,39,44)(H,49,50). The number of nitrogens with one attached hydrogen (secondary N) is 2. The Morgan fingerprint density at radius 1 is 0.981 bits per heavy atom. The van der Waals surface area contributed by atoms with Crippen molar-refractivity contribution in [1.29, 1.82) is 0 Å². The van der Waals surface area contributed by atoms with Crippen molar-refractivity contribution in [2.24, 2.45) is 0 Å². The monoisotopic (exact) mass is 709 g/mol. The molecule has 1 saturated heterocycles. The number of aromatic nitrogens is 5. The predicted molar refractivity (Wildman–Crippen MR) is 199 cm³/mol. The van der Waals surface area contributed by atoms with Gasteiger partial charge in [-0.3, -0.25) is 0 Å². The molecule has 3 aromatic heterocycles. The lowest BCUT2D eigenvalue weighted by Gasteiger charge is -2.33. The molecule has 1 amide bonds. The molecule has 274 valence electrons. The molecule has 5 aromatic rings. The molecule has 1 atom stereocenters. The molecule has 4 heterocycles. The Hall–Kier alpha value is -5.63. The molecule has 52 heavy (non-hydrogen) atoms. The van der Waals surface area contributed by atoms with Crippen molar-refractivity contribution in [3.63, 3.8) is 0 Å². The molecule has 14 heteroatoms. The Bertz CT molecular complexity index is 1890. The van der Waals surface area contributed by atoms with E-state index in [4.69, 9.17) is 34.6 Å². The summed E-state index contributed by atoms with van der Waals surface area (Å²) in [5, 5.41) is 31.7. The second-order valence-corrected chi connectivity index (χ2v) is 13.0. The number of methoxy groups -OCH3 is 2. The van der Waals surface area contributed by atoms with Gasteiger partial charge in [0.25, 0.3) is 0 Å². The Morgan fingerprint density at radius 2 is 1.62 bits per heavy atom. The van der Waals surface area contributed by atoms with Crippen molar-refractivity contribution >= 4 is 29.3 Å². The van der Waals surface area contributed by atoms with Crippen molar-refractivity contribution in [2.75, 3.05) is 49.0 Å². The number of ether oxygens (including phenoxy) is 2. The number of unbranched alkanes of at least 4 members (excludes halogenated alkanes) is 1. The number of carbonyl (C=O) groups is 1. The van der Waals surface area contributed by atoms with Crippen LogP contribution in [-0.4, -0.2) is 80.8 Å². The normalized spacial score (nSPS) is 13.9. The molecule has 0 spiro atoms. The van der Waals surface area contributed by atoms with Gasteiger partial charge in [-0.05, 0) is 73.2 Å². The first-order valence-electron chi connectivity index (χ1n) is 17.7. The van der Waals surface area contributed by atoms with Crippen LogP contribution in [0.3, 0.4) is 0 Å². The Morgan fingerprint density at radius 3 is 2.17 bits per heavy atom. The molecule has 0 bridgehead atoms. The number of piperidine rings is 1. The molecule has 4 N–H and O–H groups in total. The van der Waals surface area contributed by atoms with E-state index in [1.54, 1.807) is 31.1 Å². The zero-order valence-electron chi connectivity index (χ0n) is 30.1. The zero-order valence-corrected chi connectivity index (χ0v) is 30.1. The molecule has 6 rings (SSSR count). The first kappa shape index (κ1) is 36.2. The highest BCUT2D eigenvalue weighted by molar-refractivity contribution is 5.67. The largest absolute Gasteiger partial charge is 0.497 e. The number of aryl methyl sites for hydroxylation is 1. The zero-order chi connectivity index (χ0) is 36.6. The maximum Gasteiger partial charge on any atom is 0.404 e. The minimum absolute atomic E-state index is 0.0677. The van der Waals surface area contributed by atoms with E-state index >= 15 is 0 Å². The third kappa shape index (κ3) is 8.45. The minimum Gasteiger partial charge on any atom is -0.497 e. The van der Waals surface area contributed by atoms with E-state index in [0.29, 0.717) is 74.2 Å². The van der Waals surface area contributed by atoms with Crippen LogP contribution in [-0.2, 0) is 13.1 Å². The molecular formula is C38H47N9O5. The maximum atomic E-state index is 11.8. The molecule has 0 radical (unpaired) electrons. The van der Waals surface area contributed by atoms with Gasteiger partial charge in [0.05, 0.1) is 26.1 Å². The van der Waals surface area contributed by atoms with Crippen LogP contribution >= 0.6 is 0 Å². The van der Waals surface area contributed by atoms with E-state index in [2.05, 4.69) is 27.4 Å². The third-order valence-electron chi connectivity index (χ3n) is 9.34. The Balaban J connectivity index is 1.34. The number of hydrogen-bond acceptors (Lipinski definition) is 11. The number of rotatable bonds is 15. The van der Waals surface area contributed by atoms with E-state index in [9.17, 15) is 9.90 Å². The molecule has 1 aliphatic rings. The number of carboxylic acid groups (broad SMARTS) is 1. The fraction of sp³-hybridized carbons (Fsp3) is 0.395. The number of imidazole rings is 1. The number of amides is 1. The quantitative estimate of drug-likeness (QED) is 0.100. The van der Waals surface area contributed by atoms with E-state index in [1.807, 2.05) is 61.5 Å². The lowest BCUT2D eigenvalue weighted by atomic mass is 10.0. The number of fused-ring (bicyclic) bond motifs is 1. The Kier molecular flexibility index (Phi) is 11.5. The van der Waals surface area contributed by atoms with Gasteiger partial charge in [-0.2, -0.15) is 4.98 Å². The van der Waals surface area contributed by atoms with Gasteiger partial charge in [-0.15, -0.1) is 5.10 Å². The van der Waals surface area contributed by atoms with E-state index in [1.165, 1.54) is 0 Å². The predicted octanol–water partition coefficient (Wildman–Crippen LogP) is 5.58. The molecule has 0 aliphatic carbocycles. The summed E-state index contributed by atoms with van der Waals surface area (Å²) in [6.07, 6.45) is 4.63. The fourth-order valence-electron chi connectivity index (χ4n) is 6.49. The first-order valence-corrected chi connectivity index (χ1v) is 17.7. The first-order chi connectivity index (χ1) is 25.3. The average molecular weight is 710 g/mol. The molecular weight excluding hydrogens is 662 g/mol. The van der Waals surface area contributed by atoms with Crippen molar-refractivity contribution in [3.05, 3.63) is 94.9 Å². The van der Waals surface area contributed by atoms with Gasteiger partial charge in [-0.1, -0.05) is 37.6 Å². The summed E-state index contributed by atoms with van der Waals surface area (Å²) in [7, 11) is 3.30. The molecule has 2 aromatic carbocycles. The van der Waals surface area contributed by atoms with Crippen molar-refractivity contribution in [3.8, 4) is 11.5 Å². The maximum absolute atomic E-state index is 11.8. The average Bonchev–Trinajstić information content (AvgIpc) is 3.59. The summed E-state index contributed by atoms with van der Waals surface area (Å²) < 4.78 is 12.5. The highest BCUT2D eigenvalue weighted by Gasteiger charge is 2.26. The number of anilines is 3. The number of aliphatic hydroxyl groups excluding tert-OH is 1. The van der Waals surface area contributed by atoms with Gasteiger partial charge >= 0.3 is 6.09 Å². The van der Waals surface area contributed by atoms with Crippen molar-refractivity contribution in [2.45, 2.75) is 64.8 Å². The van der Waals surface area contributed by atoms with Gasteiger partial charge in [0.2, 0.25) is 5.95 Å². The van der Waals surface area contributed by atoms with E-state index < -0.39 is 12.2 Å². The van der Waals surface area contributed by atoms with Crippen LogP contribution in [0.1, 0.15) is 66.7 Å². The number of benzene rings is 2. The SMILES string of the molecule is CCCCNc1nc(N(Cc2ccc(OC)cc2)Cc2ccc(OC)cc2)c2ncc(C(O)c3cnc(N4CCC(NC(=O)O)CC4)c(C)c3)n2n1. The molecule has 1 aliphatic heterocycles. The van der Waals surface area contributed by atoms with Crippen LogP contribution in [0.15, 0.2) is 67.0 Å². The van der Waals surface area contributed by atoms with Crippen LogP contribution < -0.4 is 29.9 Å². The lowest BCUT2D eigenvalue weighted by molar-refractivity contribution is 0.187. The summed E-state index contributed by atoms with van der Waals surface area (Å²) in [6, 6.07) is 17.8. The second kappa shape index (κ2) is 16.6.